The zero-order valence-electron chi connectivity index (χ0n) is 8.20. The molecule has 0 nitrogen and oxygen atoms in total. The number of alkyl halides is 1. The summed E-state index contributed by atoms with van der Waals surface area (Å²) in [6, 6.07) is 0. The molecule has 0 amide bonds. The van der Waals surface area contributed by atoms with Gasteiger partial charge in [-0.3, -0.25) is 0 Å². The van der Waals surface area contributed by atoms with E-state index in [-0.39, 0.29) is 0 Å². The Balaban J connectivity index is 2.67. The molecule has 1 aliphatic rings. The van der Waals surface area contributed by atoms with Crippen molar-refractivity contribution >= 4 is 22.6 Å². The average molecular weight is 278 g/mol. The minimum Gasteiger partial charge on any atom is -0.0996 e. The number of hydrogen-bond donors (Lipinski definition) is 0. The van der Waals surface area contributed by atoms with Crippen LogP contribution in [0.1, 0.15) is 39.5 Å². The summed E-state index contributed by atoms with van der Waals surface area (Å²) in [5.74, 6) is 0.781. The van der Waals surface area contributed by atoms with Crippen LogP contribution in [-0.2, 0) is 0 Å². The van der Waals surface area contributed by atoms with Crippen molar-refractivity contribution in [2.75, 3.05) is 4.43 Å². The first-order valence-electron chi connectivity index (χ1n) is 4.81. The Labute approximate surface area is 90.0 Å². The van der Waals surface area contributed by atoms with E-state index in [1.165, 1.54) is 35.7 Å². The highest BCUT2D eigenvalue weighted by Crippen LogP contribution is 2.44. The summed E-state index contributed by atoms with van der Waals surface area (Å²) in [4.78, 5) is 0. The van der Waals surface area contributed by atoms with E-state index in [0.29, 0.717) is 5.41 Å². The highest BCUT2D eigenvalue weighted by atomic mass is 127. The van der Waals surface area contributed by atoms with Crippen molar-refractivity contribution in [2.45, 2.75) is 39.5 Å². The number of hydrogen-bond acceptors (Lipinski definition) is 0. The van der Waals surface area contributed by atoms with Crippen LogP contribution in [0, 0.1) is 11.3 Å². The Bertz CT molecular complexity index is 170. The van der Waals surface area contributed by atoms with Crippen LogP contribution in [-0.4, -0.2) is 4.43 Å². The van der Waals surface area contributed by atoms with Gasteiger partial charge in [0, 0.05) is 4.43 Å². The summed E-state index contributed by atoms with van der Waals surface area (Å²) in [6.45, 7) is 9.00. The van der Waals surface area contributed by atoms with Gasteiger partial charge in [-0.1, -0.05) is 48.6 Å². The van der Waals surface area contributed by atoms with Gasteiger partial charge < -0.3 is 0 Å². The fourth-order valence-corrected chi connectivity index (χ4v) is 3.00. The number of halogens is 1. The molecule has 0 aromatic rings. The van der Waals surface area contributed by atoms with Crippen LogP contribution in [0.2, 0.25) is 0 Å². The van der Waals surface area contributed by atoms with Gasteiger partial charge in [-0.25, -0.2) is 0 Å². The fraction of sp³-hybridized carbons (Fsp3) is 0.818. The first-order valence-corrected chi connectivity index (χ1v) is 6.34. The van der Waals surface area contributed by atoms with Gasteiger partial charge in [0.1, 0.15) is 0 Å². The Morgan fingerprint density at radius 1 is 1.58 bits per heavy atom. The third-order valence-corrected chi connectivity index (χ3v) is 3.78. The van der Waals surface area contributed by atoms with Gasteiger partial charge in [-0.15, -0.1) is 0 Å². The molecule has 1 aliphatic carbocycles. The van der Waals surface area contributed by atoms with Crippen LogP contribution < -0.4 is 0 Å². The normalized spacial score (nSPS) is 28.9. The zero-order chi connectivity index (χ0) is 9.19. The molecule has 1 rings (SSSR count). The maximum Gasteiger partial charge on any atom is 0.000118 e. The van der Waals surface area contributed by atoms with Gasteiger partial charge in [0.2, 0.25) is 0 Å². The van der Waals surface area contributed by atoms with Crippen molar-refractivity contribution in [3.8, 4) is 0 Å². The molecule has 0 N–H and O–H groups in total. The molecule has 70 valence electrons. The quantitative estimate of drug-likeness (QED) is 0.403. The lowest BCUT2D eigenvalue weighted by atomic mass is 9.66. The largest absolute Gasteiger partial charge is 0.0996 e. The summed E-state index contributed by atoms with van der Waals surface area (Å²) in [5, 5.41) is 0. The molecule has 1 fully saturated rings. The van der Waals surface area contributed by atoms with Crippen molar-refractivity contribution < 1.29 is 0 Å². The molecule has 0 aromatic heterocycles. The Morgan fingerprint density at radius 3 is 2.75 bits per heavy atom. The third-order valence-electron chi connectivity index (χ3n) is 3.15. The molecule has 0 aliphatic heterocycles. The van der Waals surface area contributed by atoms with E-state index in [2.05, 4.69) is 43.0 Å². The second-order valence-electron chi connectivity index (χ2n) is 4.53. The summed E-state index contributed by atoms with van der Waals surface area (Å²) in [6.07, 6.45) is 5.33. The second kappa shape index (κ2) is 4.12. The van der Waals surface area contributed by atoms with Gasteiger partial charge in [0.05, 0.1) is 0 Å². The minimum absolute atomic E-state index is 0.514. The molecule has 0 bridgehead atoms. The predicted octanol–water partition coefficient (Wildman–Crippen LogP) is 4.19. The summed E-state index contributed by atoms with van der Waals surface area (Å²) >= 11 is 2.48. The SMILES string of the molecule is C=C1CCCC(C)(C)[C@H]1CCI. The summed E-state index contributed by atoms with van der Waals surface area (Å²) < 4.78 is 1.27. The van der Waals surface area contributed by atoms with Crippen molar-refractivity contribution in [3.63, 3.8) is 0 Å². The molecule has 0 spiro atoms. The topological polar surface area (TPSA) is 0 Å². The van der Waals surface area contributed by atoms with Crippen LogP contribution >= 0.6 is 22.6 Å². The van der Waals surface area contributed by atoms with E-state index in [0.717, 1.165) is 5.92 Å². The zero-order valence-corrected chi connectivity index (χ0v) is 10.4. The molecule has 1 saturated carbocycles. The molecule has 0 unspecified atom stereocenters. The number of rotatable bonds is 2. The van der Waals surface area contributed by atoms with Crippen molar-refractivity contribution in [3.05, 3.63) is 12.2 Å². The fourth-order valence-electron chi connectivity index (χ4n) is 2.38. The van der Waals surface area contributed by atoms with Crippen molar-refractivity contribution in [1.29, 1.82) is 0 Å². The second-order valence-corrected chi connectivity index (χ2v) is 5.61. The molecular weight excluding hydrogens is 259 g/mol. The summed E-state index contributed by atoms with van der Waals surface area (Å²) in [5.41, 5.74) is 2.02. The monoisotopic (exact) mass is 278 g/mol. The van der Waals surface area contributed by atoms with Crippen LogP contribution in [0.4, 0.5) is 0 Å². The average Bonchev–Trinajstić information content (AvgIpc) is 1.97. The summed E-state index contributed by atoms with van der Waals surface area (Å²) in [7, 11) is 0. The predicted molar refractivity (Wildman–Crippen MR) is 63.8 cm³/mol. The van der Waals surface area contributed by atoms with Crippen LogP contribution in [0.5, 0.6) is 0 Å². The first kappa shape index (κ1) is 10.6. The molecule has 1 atom stereocenters. The van der Waals surface area contributed by atoms with Gasteiger partial charge in [0.15, 0.2) is 0 Å². The maximum atomic E-state index is 4.21. The number of allylic oxidation sites excluding steroid dienone is 1. The lowest BCUT2D eigenvalue weighted by Gasteiger charge is -2.40. The van der Waals surface area contributed by atoms with Crippen molar-refractivity contribution in [1.82, 2.24) is 0 Å². The standard InChI is InChI=1S/C11H19I/c1-9-5-4-7-11(2,3)10(9)6-8-12/h10H,1,4-8H2,2-3H3/t10-/m0/s1. The Morgan fingerprint density at radius 2 is 2.25 bits per heavy atom. The highest BCUT2D eigenvalue weighted by Gasteiger charge is 2.33. The third kappa shape index (κ3) is 2.24. The molecule has 0 aromatic carbocycles. The van der Waals surface area contributed by atoms with Crippen LogP contribution in [0.15, 0.2) is 12.2 Å². The molecule has 0 heterocycles. The van der Waals surface area contributed by atoms with E-state index in [4.69, 9.17) is 0 Å². The van der Waals surface area contributed by atoms with Crippen LogP contribution in [0.3, 0.4) is 0 Å². The lowest BCUT2D eigenvalue weighted by Crippen LogP contribution is -2.29. The van der Waals surface area contributed by atoms with E-state index in [1.54, 1.807) is 0 Å². The Hall–Kier alpha value is 0.470. The smallest absolute Gasteiger partial charge is 0.000118 e. The van der Waals surface area contributed by atoms with E-state index < -0.39 is 0 Å². The van der Waals surface area contributed by atoms with Gasteiger partial charge in [-0.05, 0) is 37.0 Å². The minimum atomic E-state index is 0.514. The van der Waals surface area contributed by atoms with E-state index in [1.807, 2.05) is 0 Å². The maximum absolute atomic E-state index is 4.21. The lowest BCUT2D eigenvalue weighted by molar-refractivity contribution is 0.187. The van der Waals surface area contributed by atoms with E-state index in [9.17, 15) is 0 Å². The van der Waals surface area contributed by atoms with Gasteiger partial charge >= 0.3 is 0 Å². The molecule has 0 radical (unpaired) electrons. The first-order chi connectivity index (χ1) is 5.58. The molecule has 1 heteroatoms. The van der Waals surface area contributed by atoms with Gasteiger partial charge in [-0.2, -0.15) is 0 Å². The highest BCUT2D eigenvalue weighted by molar-refractivity contribution is 14.1. The van der Waals surface area contributed by atoms with Crippen molar-refractivity contribution in [2.24, 2.45) is 11.3 Å². The molecular formula is C11H19I. The van der Waals surface area contributed by atoms with Gasteiger partial charge in [0.25, 0.3) is 0 Å². The van der Waals surface area contributed by atoms with Crippen LogP contribution in [0.25, 0.3) is 0 Å². The molecule has 0 saturated heterocycles. The molecule has 12 heavy (non-hydrogen) atoms. The van der Waals surface area contributed by atoms with E-state index >= 15 is 0 Å². The Kier molecular flexibility index (Phi) is 3.62.